The van der Waals surface area contributed by atoms with Crippen molar-refractivity contribution < 1.29 is 4.79 Å². The molecule has 0 N–H and O–H groups in total. The zero-order chi connectivity index (χ0) is 14.9. The van der Waals surface area contributed by atoms with Crippen molar-refractivity contribution in [2.75, 3.05) is 19.6 Å². The number of hydrogen-bond donors (Lipinski definition) is 0. The highest BCUT2D eigenvalue weighted by molar-refractivity contribution is 7.07. The molecule has 0 unspecified atom stereocenters. The Labute approximate surface area is 134 Å². The molecule has 2 aromatic rings. The van der Waals surface area contributed by atoms with Gasteiger partial charge >= 0.3 is 0 Å². The number of rotatable bonds is 4. The molecule has 0 aromatic carbocycles. The molecule has 2 atom stereocenters. The van der Waals surface area contributed by atoms with Crippen LogP contribution in [-0.4, -0.2) is 40.3 Å². The smallest absolute Gasteiger partial charge is 0.227 e. The summed E-state index contributed by atoms with van der Waals surface area (Å²) in [5.74, 6) is 1.02. The first-order chi connectivity index (χ1) is 10.8. The average molecular weight is 313 g/mol. The summed E-state index contributed by atoms with van der Waals surface area (Å²) < 4.78 is 0. The van der Waals surface area contributed by atoms with Gasteiger partial charge in [-0.15, -0.1) is 0 Å². The lowest BCUT2D eigenvalue weighted by Gasteiger charge is -2.21. The van der Waals surface area contributed by atoms with Crippen molar-refractivity contribution in [2.24, 2.45) is 11.8 Å². The quantitative estimate of drug-likeness (QED) is 0.868. The first-order valence-electron chi connectivity index (χ1n) is 7.71. The summed E-state index contributed by atoms with van der Waals surface area (Å²) in [6.07, 6.45) is 3.58. The Morgan fingerprint density at radius 3 is 2.68 bits per heavy atom. The maximum atomic E-state index is 12.6. The van der Waals surface area contributed by atoms with Gasteiger partial charge in [-0.1, -0.05) is 0 Å². The molecule has 0 aliphatic carbocycles. The van der Waals surface area contributed by atoms with Crippen molar-refractivity contribution in [3.63, 3.8) is 0 Å². The highest BCUT2D eigenvalue weighted by Crippen LogP contribution is 2.33. The lowest BCUT2D eigenvalue weighted by Crippen LogP contribution is -2.32. The Balaban J connectivity index is 1.38. The van der Waals surface area contributed by atoms with E-state index in [1.165, 1.54) is 11.1 Å². The van der Waals surface area contributed by atoms with E-state index in [-0.39, 0.29) is 5.92 Å². The zero-order valence-corrected chi connectivity index (χ0v) is 13.2. The van der Waals surface area contributed by atoms with Gasteiger partial charge in [0.15, 0.2) is 0 Å². The third kappa shape index (κ3) is 2.66. The van der Waals surface area contributed by atoms with Gasteiger partial charge in [0.05, 0.1) is 5.92 Å². The molecule has 0 spiro atoms. The molecular formula is C17H19N3OS. The van der Waals surface area contributed by atoms with E-state index in [1.54, 1.807) is 23.7 Å². The fraction of sp³-hybridized carbons (Fsp3) is 0.412. The SMILES string of the molecule is O=C1[C@@H]2CN(Cc3ccsc3)C[C@@H]2CN1Cc1ccncc1. The average Bonchev–Trinajstić information content (AvgIpc) is 3.22. The first-order valence-corrected chi connectivity index (χ1v) is 8.65. The van der Waals surface area contributed by atoms with Gasteiger partial charge < -0.3 is 4.90 Å². The van der Waals surface area contributed by atoms with Gasteiger partial charge in [0.1, 0.15) is 0 Å². The Kier molecular flexibility index (Phi) is 3.68. The fourth-order valence-electron chi connectivity index (χ4n) is 3.65. The maximum Gasteiger partial charge on any atom is 0.227 e. The summed E-state index contributed by atoms with van der Waals surface area (Å²) in [7, 11) is 0. The third-order valence-corrected chi connectivity index (χ3v) is 5.44. The molecule has 2 aliphatic heterocycles. The topological polar surface area (TPSA) is 36.4 Å². The van der Waals surface area contributed by atoms with E-state index in [4.69, 9.17) is 0 Å². The second-order valence-electron chi connectivity index (χ2n) is 6.27. The Morgan fingerprint density at radius 2 is 1.95 bits per heavy atom. The van der Waals surface area contributed by atoms with Crippen LogP contribution >= 0.6 is 11.3 Å². The number of carbonyl (C=O) groups excluding carboxylic acids is 1. The van der Waals surface area contributed by atoms with Crippen molar-refractivity contribution in [3.05, 3.63) is 52.5 Å². The fourth-order valence-corrected chi connectivity index (χ4v) is 4.31. The minimum absolute atomic E-state index is 0.195. The van der Waals surface area contributed by atoms with E-state index < -0.39 is 0 Å². The molecule has 4 nitrogen and oxygen atoms in total. The second kappa shape index (κ2) is 5.82. The first kappa shape index (κ1) is 13.9. The van der Waals surface area contributed by atoms with Gasteiger partial charge in [-0.2, -0.15) is 11.3 Å². The van der Waals surface area contributed by atoms with E-state index in [9.17, 15) is 4.79 Å². The summed E-state index contributed by atoms with van der Waals surface area (Å²) in [5.41, 5.74) is 2.53. The number of amides is 1. The molecule has 2 aromatic heterocycles. The summed E-state index contributed by atoms with van der Waals surface area (Å²) in [6.45, 7) is 4.55. The largest absolute Gasteiger partial charge is 0.338 e. The van der Waals surface area contributed by atoms with Crippen LogP contribution in [0.2, 0.25) is 0 Å². The van der Waals surface area contributed by atoms with Gasteiger partial charge in [-0.25, -0.2) is 0 Å². The number of fused-ring (bicyclic) bond motifs is 1. The second-order valence-corrected chi connectivity index (χ2v) is 7.05. The van der Waals surface area contributed by atoms with Crippen molar-refractivity contribution in [3.8, 4) is 0 Å². The molecular weight excluding hydrogens is 294 g/mol. The van der Waals surface area contributed by atoms with E-state index in [0.29, 0.717) is 11.8 Å². The maximum absolute atomic E-state index is 12.6. The lowest BCUT2D eigenvalue weighted by molar-refractivity contribution is -0.131. The van der Waals surface area contributed by atoms with E-state index >= 15 is 0 Å². The zero-order valence-electron chi connectivity index (χ0n) is 12.4. The molecule has 0 bridgehead atoms. The van der Waals surface area contributed by atoms with Crippen LogP contribution in [0.4, 0.5) is 0 Å². The van der Waals surface area contributed by atoms with Crippen LogP contribution in [0.3, 0.4) is 0 Å². The van der Waals surface area contributed by atoms with Gasteiger partial charge in [-0.3, -0.25) is 14.7 Å². The van der Waals surface area contributed by atoms with Crippen molar-refractivity contribution in [1.29, 1.82) is 0 Å². The Hall–Kier alpha value is -1.72. The van der Waals surface area contributed by atoms with Crippen molar-refractivity contribution in [2.45, 2.75) is 13.1 Å². The van der Waals surface area contributed by atoms with Gasteiger partial charge in [0.2, 0.25) is 5.91 Å². The minimum Gasteiger partial charge on any atom is -0.338 e. The predicted octanol–water partition coefficient (Wildman–Crippen LogP) is 2.23. The predicted molar refractivity (Wildman–Crippen MR) is 86.2 cm³/mol. The highest BCUT2D eigenvalue weighted by Gasteiger charge is 2.45. The van der Waals surface area contributed by atoms with E-state index in [2.05, 4.69) is 26.7 Å². The summed E-state index contributed by atoms with van der Waals surface area (Å²) in [4.78, 5) is 21.1. The van der Waals surface area contributed by atoms with Crippen LogP contribution in [-0.2, 0) is 17.9 Å². The van der Waals surface area contributed by atoms with Gasteiger partial charge in [0, 0.05) is 51.0 Å². The standard InChI is InChI=1S/C17H19N3OS/c21-17-16-11-19(7-14-3-6-22-12-14)9-15(16)10-20(17)8-13-1-4-18-5-2-13/h1-6,12,15-16H,7-11H2/t15-,16-/m1/s1. The molecule has 2 saturated heterocycles. The van der Waals surface area contributed by atoms with Crippen molar-refractivity contribution in [1.82, 2.24) is 14.8 Å². The summed E-state index contributed by atoms with van der Waals surface area (Å²) in [6, 6.07) is 6.16. The van der Waals surface area contributed by atoms with Crippen LogP contribution in [0.1, 0.15) is 11.1 Å². The van der Waals surface area contributed by atoms with Gasteiger partial charge in [0.25, 0.3) is 0 Å². The normalized spacial score (nSPS) is 24.9. The Morgan fingerprint density at radius 1 is 1.09 bits per heavy atom. The highest BCUT2D eigenvalue weighted by atomic mass is 32.1. The number of likely N-dealkylation sites (tertiary alicyclic amines) is 2. The summed E-state index contributed by atoms with van der Waals surface area (Å²) in [5, 5.41) is 4.32. The molecule has 2 aliphatic rings. The molecule has 22 heavy (non-hydrogen) atoms. The van der Waals surface area contributed by atoms with E-state index in [1.807, 2.05) is 17.0 Å². The molecule has 0 saturated carbocycles. The number of nitrogens with zero attached hydrogens (tertiary/aromatic N) is 3. The molecule has 4 heterocycles. The van der Waals surface area contributed by atoms with E-state index in [0.717, 1.165) is 32.7 Å². The number of carbonyl (C=O) groups is 1. The molecule has 4 rings (SSSR count). The summed E-state index contributed by atoms with van der Waals surface area (Å²) >= 11 is 1.74. The van der Waals surface area contributed by atoms with Crippen LogP contribution < -0.4 is 0 Å². The van der Waals surface area contributed by atoms with Crippen molar-refractivity contribution >= 4 is 17.2 Å². The number of thiophene rings is 1. The van der Waals surface area contributed by atoms with Crippen LogP contribution in [0.15, 0.2) is 41.4 Å². The molecule has 114 valence electrons. The minimum atomic E-state index is 0.195. The number of aromatic nitrogens is 1. The third-order valence-electron chi connectivity index (χ3n) is 4.71. The lowest BCUT2D eigenvalue weighted by atomic mass is 10.0. The molecule has 5 heteroatoms. The van der Waals surface area contributed by atoms with Crippen LogP contribution in [0.25, 0.3) is 0 Å². The Bertz CT molecular complexity index is 643. The molecule has 0 radical (unpaired) electrons. The molecule has 1 amide bonds. The van der Waals surface area contributed by atoms with Gasteiger partial charge in [-0.05, 0) is 40.1 Å². The molecule has 2 fully saturated rings. The van der Waals surface area contributed by atoms with Crippen LogP contribution in [0, 0.1) is 11.8 Å². The monoisotopic (exact) mass is 313 g/mol. The number of hydrogen-bond acceptors (Lipinski definition) is 4. The number of pyridine rings is 1. The van der Waals surface area contributed by atoms with Crippen LogP contribution in [0.5, 0.6) is 0 Å².